The Morgan fingerprint density at radius 2 is 2.00 bits per heavy atom. The van der Waals surface area contributed by atoms with Gasteiger partial charge in [-0.15, -0.1) is 11.3 Å². The first-order chi connectivity index (χ1) is 12.1. The van der Waals surface area contributed by atoms with Gasteiger partial charge in [-0.3, -0.25) is 4.79 Å². The van der Waals surface area contributed by atoms with E-state index < -0.39 is 0 Å². The van der Waals surface area contributed by atoms with Crippen molar-refractivity contribution in [2.45, 2.75) is 25.8 Å². The molecule has 6 heteroatoms. The van der Waals surface area contributed by atoms with E-state index in [9.17, 15) is 4.79 Å². The van der Waals surface area contributed by atoms with Crippen molar-refractivity contribution in [3.63, 3.8) is 0 Å². The van der Waals surface area contributed by atoms with Crippen LogP contribution in [0, 0.1) is 20.8 Å². The number of hydrogen-bond donors (Lipinski definition) is 1. The van der Waals surface area contributed by atoms with Gasteiger partial charge in [0.1, 0.15) is 16.2 Å². The Morgan fingerprint density at radius 3 is 2.84 bits per heavy atom. The number of ketones is 1. The molecule has 3 heterocycles. The molecule has 4 nitrogen and oxygen atoms in total. The molecule has 1 N–H and O–H groups in total. The lowest BCUT2D eigenvalue weighted by molar-refractivity contribution is 0.102. The van der Waals surface area contributed by atoms with Gasteiger partial charge in [-0.1, -0.05) is 30.0 Å². The van der Waals surface area contributed by atoms with Crippen LogP contribution in [0.3, 0.4) is 0 Å². The van der Waals surface area contributed by atoms with Crippen LogP contribution in [-0.4, -0.2) is 26.5 Å². The Bertz CT molecular complexity index is 1110. The SMILES string of the molecule is Cc1[nH]c2ccccc2c1C(=O)CSc1ncnc2sc(C)c(C)c12. The van der Waals surface area contributed by atoms with Gasteiger partial charge < -0.3 is 4.98 Å². The third kappa shape index (κ3) is 2.75. The van der Waals surface area contributed by atoms with Crippen LogP contribution in [0.5, 0.6) is 0 Å². The van der Waals surface area contributed by atoms with Crippen molar-refractivity contribution in [1.82, 2.24) is 15.0 Å². The molecule has 0 saturated carbocycles. The number of nitrogens with zero attached hydrogens (tertiary/aromatic N) is 2. The van der Waals surface area contributed by atoms with Gasteiger partial charge in [0.25, 0.3) is 0 Å². The molecule has 0 spiro atoms. The Hall–Kier alpha value is -2.18. The van der Waals surface area contributed by atoms with Gasteiger partial charge in [-0.05, 0) is 32.4 Å². The number of aromatic amines is 1. The van der Waals surface area contributed by atoms with Crippen LogP contribution >= 0.6 is 23.1 Å². The molecule has 126 valence electrons. The van der Waals surface area contributed by atoms with Gasteiger partial charge in [0.15, 0.2) is 5.78 Å². The van der Waals surface area contributed by atoms with Gasteiger partial charge in [0, 0.05) is 32.4 Å². The number of fused-ring (bicyclic) bond motifs is 2. The average molecular weight is 367 g/mol. The number of aryl methyl sites for hydroxylation is 3. The number of H-pyrrole nitrogens is 1. The molecular weight excluding hydrogens is 350 g/mol. The minimum absolute atomic E-state index is 0.122. The molecule has 0 radical (unpaired) electrons. The summed E-state index contributed by atoms with van der Waals surface area (Å²) < 4.78 is 0. The number of thioether (sulfide) groups is 1. The highest BCUT2D eigenvalue weighted by Crippen LogP contribution is 2.35. The van der Waals surface area contributed by atoms with Crippen LogP contribution < -0.4 is 0 Å². The van der Waals surface area contributed by atoms with Gasteiger partial charge in [-0.2, -0.15) is 0 Å². The molecule has 0 aliphatic carbocycles. The highest BCUT2D eigenvalue weighted by Gasteiger charge is 2.18. The maximum absolute atomic E-state index is 12.9. The number of para-hydroxylation sites is 1. The van der Waals surface area contributed by atoms with E-state index in [-0.39, 0.29) is 5.78 Å². The maximum atomic E-state index is 12.9. The van der Waals surface area contributed by atoms with Crippen molar-refractivity contribution >= 4 is 50.0 Å². The quantitative estimate of drug-likeness (QED) is 0.311. The van der Waals surface area contributed by atoms with E-state index in [2.05, 4.69) is 28.8 Å². The summed E-state index contributed by atoms with van der Waals surface area (Å²) in [6.07, 6.45) is 1.58. The molecule has 25 heavy (non-hydrogen) atoms. The highest BCUT2D eigenvalue weighted by atomic mass is 32.2. The molecule has 0 bridgehead atoms. The molecular formula is C19H17N3OS2. The Kier molecular flexibility index (Phi) is 4.09. The number of benzene rings is 1. The van der Waals surface area contributed by atoms with Gasteiger partial charge in [-0.25, -0.2) is 9.97 Å². The van der Waals surface area contributed by atoms with Crippen LogP contribution in [-0.2, 0) is 0 Å². The van der Waals surface area contributed by atoms with Crippen molar-refractivity contribution in [3.8, 4) is 0 Å². The number of Topliss-reactive ketones (excluding diaryl/α,β-unsaturated/α-hetero) is 1. The monoisotopic (exact) mass is 367 g/mol. The fourth-order valence-electron chi connectivity index (χ4n) is 3.10. The van der Waals surface area contributed by atoms with E-state index >= 15 is 0 Å². The highest BCUT2D eigenvalue weighted by molar-refractivity contribution is 8.00. The zero-order valence-corrected chi connectivity index (χ0v) is 15.8. The summed E-state index contributed by atoms with van der Waals surface area (Å²) in [6.45, 7) is 6.14. The lowest BCUT2D eigenvalue weighted by atomic mass is 10.1. The molecule has 4 aromatic rings. The molecule has 0 aliphatic heterocycles. The summed E-state index contributed by atoms with van der Waals surface area (Å²) >= 11 is 3.17. The van der Waals surface area contributed by atoms with Crippen LogP contribution in [0.25, 0.3) is 21.1 Å². The minimum Gasteiger partial charge on any atom is -0.358 e. The number of carbonyl (C=O) groups excluding carboxylic acids is 1. The maximum Gasteiger partial charge on any atom is 0.175 e. The summed E-state index contributed by atoms with van der Waals surface area (Å²) in [5.74, 6) is 0.486. The van der Waals surface area contributed by atoms with Crippen molar-refractivity contribution in [2.24, 2.45) is 0 Å². The molecule has 0 unspecified atom stereocenters. The lowest BCUT2D eigenvalue weighted by Crippen LogP contribution is -2.04. The van der Waals surface area contributed by atoms with E-state index in [1.807, 2.05) is 31.2 Å². The Balaban J connectivity index is 1.65. The second-order valence-corrected chi connectivity index (χ2v) is 8.19. The second kappa shape index (κ2) is 6.28. The number of thiophene rings is 1. The first kappa shape index (κ1) is 16.3. The summed E-state index contributed by atoms with van der Waals surface area (Å²) in [5.41, 5.74) is 3.91. The van der Waals surface area contributed by atoms with E-state index in [1.165, 1.54) is 22.2 Å². The fourth-order valence-corrected chi connectivity index (χ4v) is 5.09. The topological polar surface area (TPSA) is 58.6 Å². The first-order valence-corrected chi connectivity index (χ1v) is 9.80. The molecule has 0 fully saturated rings. The van der Waals surface area contributed by atoms with Crippen molar-refractivity contribution in [1.29, 1.82) is 0 Å². The van der Waals surface area contributed by atoms with E-state index in [0.29, 0.717) is 5.75 Å². The molecule has 4 rings (SSSR count). The number of hydrogen-bond acceptors (Lipinski definition) is 5. The third-order valence-electron chi connectivity index (χ3n) is 4.44. The standard InChI is InChI=1S/C19H17N3OS2/c1-10-12(3)25-19-16(10)18(20-9-21-19)24-8-15(23)17-11(2)22-14-7-5-4-6-13(14)17/h4-7,9,22H,8H2,1-3H3. The molecule has 0 saturated heterocycles. The normalized spacial score (nSPS) is 11.5. The fraction of sp³-hybridized carbons (Fsp3) is 0.211. The summed E-state index contributed by atoms with van der Waals surface area (Å²) in [6, 6.07) is 7.93. The lowest BCUT2D eigenvalue weighted by Gasteiger charge is -2.04. The largest absolute Gasteiger partial charge is 0.358 e. The second-order valence-electron chi connectivity index (χ2n) is 6.02. The third-order valence-corrected chi connectivity index (χ3v) is 6.55. The van der Waals surface area contributed by atoms with Gasteiger partial charge in [0.05, 0.1) is 5.75 Å². The van der Waals surface area contributed by atoms with Crippen LogP contribution in [0.4, 0.5) is 0 Å². The predicted molar refractivity (Wildman–Crippen MR) is 105 cm³/mol. The van der Waals surface area contributed by atoms with Crippen molar-refractivity contribution in [2.75, 3.05) is 5.75 Å². The Morgan fingerprint density at radius 1 is 1.20 bits per heavy atom. The van der Waals surface area contributed by atoms with Gasteiger partial charge in [0.2, 0.25) is 0 Å². The molecule has 0 atom stereocenters. The molecule has 1 aromatic carbocycles. The minimum atomic E-state index is 0.122. The van der Waals surface area contributed by atoms with Crippen molar-refractivity contribution in [3.05, 3.63) is 52.3 Å². The smallest absolute Gasteiger partial charge is 0.175 e. The summed E-state index contributed by atoms with van der Waals surface area (Å²) in [4.78, 5) is 27.2. The number of rotatable bonds is 4. The van der Waals surface area contributed by atoms with Gasteiger partial charge >= 0.3 is 0 Å². The molecule has 0 aliphatic rings. The zero-order chi connectivity index (χ0) is 17.6. The van der Waals surface area contributed by atoms with Crippen LogP contribution in [0.1, 0.15) is 26.5 Å². The van der Waals surface area contributed by atoms with Crippen LogP contribution in [0.15, 0.2) is 35.6 Å². The zero-order valence-electron chi connectivity index (χ0n) is 14.2. The van der Waals surface area contributed by atoms with Crippen LogP contribution in [0.2, 0.25) is 0 Å². The molecule has 3 aromatic heterocycles. The number of aromatic nitrogens is 3. The average Bonchev–Trinajstić information content (AvgIpc) is 3.09. The molecule has 0 amide bonds. The first-order valence-electron chi connectivity index (χ1n) is 8.00. The number of nitrogens with one attached hydrogen (secondary N) is 1. The summed E-state index contributed by atoms with van der Waals surface area (Å²) in [7, 11) is 0. The van der Waals surface area contributed by atoms with E-state index in [1.54, 1.807) is 17.7 Å². The predicted octanol–water partition coefficient (Wildman–Crippen LogP) is 5.07. The Labute approximate surface area is 153 Å². The van der Waals surface area contributed by atoms with E-state index in [4.69, 9.17) is 0 Å². The van der Waals surface area contributed by atoms with Crippen molar-refractivity contribution < 1.29 is 4.79 Å². The van der Waals surface area contributed by atoms with E-state index in [0.717, 1.165) is 37.4 Å². The number of carbonyl (C=O) groups is 1. The summed E-state index contributed by atoms with van der Waals surface area (Å²) in [5, 5.41) is 2.96.